The molecular weight excluding hydrogens is 350 g/mol. The van der Waals surface area contributed by atoms with E-state index in [0.29, 0.717) is 11.5 Å². The van der Waals surface area contributed by atoms with Gasteiger partial charge in [-0.25, -0.2) is 0 Å². The summed E-state index contributed by atoms with van der Waals surface area (Å²) in [6, 6.07) is 14.0. The Labute approximate surface area is 167 Å². The number of aromatic nitrogens is 1. The first-order valence-corrected chi connectivity index (χ1v) is 10.4. The molecule has 0 aliphatic carbocycles. The van der Waals surface area contributed by atoms with Crippen LogP contribution in [0.2, 0.25) is 0 Å². The summed E-state index contributed by atoms with van der Waals surface area (Å²) in [4.78, 5) is 17.2. The second-order valence-corrected chi connectivity index (χ2v) is 8.16. The quantitative estimate of drug-likeness (QED) is 0.593. The third-order valence-electron chi connectivity index (χ3n) is 6.42. The van der Waals surface area contributed by atoms with E-state index in [9.17, 15) is 10.0 Å². The average Bonchev–Trinajstić information content (AvgIpc) is 3.24. The van der Waals surface area contributed by atoms with Gasteiger partial charge in [0.25, 0.3) is 5.91 Å². The van der Waals surface area contributed by atoms with E-state index in [2.05, 4.69) is 35.2 Å². The fourth-order valence-electron chi connectivity index (χ4n) is 4.67. The Morgan fingerprint density at radius 2 is 1.64 bits per heavy atom. The van der Waals surface area contributed by atoms with Crippen molar-refractivity contribution in [3.05, 3.63) is 71.2 Å². The van der Waals surface area contributed by atoms with Crippen LogP contribution < -0.4 is 4.73 Å². The minimum absolute atomic E-state index is 0.0587. The highest BCUT2D eigenvalue weighted by atomic mass is 16.5. The minimum Gasteiger partial charge on any atom is -0.619 e. The highest BCUT2D eigenvalue weighted by Crippen LogP contribution is 2.32. The Morgan fingerprint density at radius 3 is 2.36 bits per heavy atom. The molecule has 0 bridgehead atoms. The zero-order valence-corrected chi connectivity index (χ0v) is 16.4. The Kier molecular flexibility index (Phi) is 5.91. The van der Waals surface area contributed by atoms with E-state index < -0.39 is 0 Å². The molecule has 148 valence electrons. The Bertz CT molecular complexity index is 770. The van der Waals surface area contributed by atoms with Crippen molar-refractivity contribution in [2.24, 2.45) is 11.8 Å². The minimum atomic E-state index is 0.0587. The number of carbonyl (C=O) groups is 1. The summed E-state index contributed by atoms with van der Waals surface area (Å²) in [6.07, 6.45) is 7.50. The molecule has 28 heavy (non-hydrogen) atoms. The molecule has 4 rings (SSSR count). The van der Waals surface area contributed by atoms with Crippen molar-refractivity contribution in [1.29, 1.82) is 0 Å². The van der Waals surface area contributed by atoms with E-state index in [1.165, 1.54) is 43.9 Å². The molecule has 2 saturated heterocycles. The molecule has 2 aromatic rings. The second kappa shape index (κ2) is 8.74. The fourth-order valence-corrected chi connectivity index (χ4v) is 4.67. The topological polar surface area (TPSA) is 50.5 Å². The summed E-state index contributed by atoms with van der Waals surface area (Å²) in [6.45, 7) is 5.18. The van der Waals surface area contributed by atoms with Gasteiger partial charge in [0.15, 0.2) is 12.4 Å². The summed E-state index contributed by atoms with van der Waals surface area (Å²) >= 11 is 0. The van der Waals surface area contributed by atoms with Crippen LogP contribution in [0, 0.1) is 17.0 Å². The molecule has 0 N–H and O–H groups in total. The third-order valence-corrected chi connectivity index (χ3v) is 6.42. The number of carbonyl (C=O) groups excluding carboxylic acids is 1. The van der Waals surface area contributed by atoms with Crippen molar-refractivity contribution in [3.63, 3.8) is 0 Å². The number of amides is 1. The molecule has 1 unspecified atom stereocenters. The number of piperidine rings is 1. The number of hydrogen-bond acceptors (Lipinski definition) is 3. The Hall–Kier alpha value is -2.40. The van der Waals surface area contributed by atoms with Gasteiger partial charge in [0, 0.05) is 31.8 Å². The van der Waals surface area contributed by atoms with Crippen LogP contribution in [0.25, 0.3) is 0 Å². The number of hydrogen-bond donors (Lipinski definition) is 0. The molecule has 2 aliphatic rings. The lowest BCUT2D eigenvalue weighted by Crippen LogP contribution is -2.38. The molecule has 0 spiro atoms. The van der Waals surface area contributed by atoms with E-state index >= 15 is 0 Å². The number of nitrogens with zero attached hydrogens (tertiary/aromatic N) is 3. The molecule has 5 heteroatoms. The van der Waals surface area contributed by atoms with Crippen LogP contribution >= 0.6 is 0 Å². The zero-order chi connectivity index (χ0) is 19.3. The molecular formula is C23H29N3O2. The van der Waals surface area contributed by atoms with Gasteiger partial charge in [-0.2, -0.15) is 4.73 Å². The average molecular weight is 380 g/mol. The number of likely N-dealkylation sites (tertiary alicyclic amines) is 2. The molecule has 0 saturated carbocycles. The first-order chi connectivity index (χ1) is 13.7. The predicted octanol–water partition coefficient (Wildman–Crippen LogP) is 2.74. The van der Waals surface area contributed by atoms with E-state index in [4.69, 9.17) is 0 Å². The van der Waals surface area contributed by atoms with E-state index in [0.717, 1.165) is 43.1 Å². The van der Waals surface area contributed by atoms with Gasteiger partial charge in [-0.3, -0.25) is 4.79 Å². The van der Waals surface area contributed by atoms with Crippen molar-refractivity contribution in [3.8, 4) is 0 Å². The van der Waals surface area contributed by atoms with Crippen LogP contribution in [0.5, 0.6) is 0 Å². The van der Waals surface area contributed by atoms with Gasteiger partial charge in [-0.05, 0) is 56.2 Å². The van der Waals surface area contributed by atoms with Gasteiger partial charge in [0.1, 0.15) is 0 Å². The van der Waals surface area contributed by atoms with Crippen LogP contribution in [0.15, 0.2) is 54.9 Å². The maximum Gasteiger partial charge on any atom is 0.254 e. The smallest absolute Gasteiger partial charge is 0.254 e. The normalized spacial score (nSPS) is 21.1. The van der Waals surface area contributed by atoms with Crippen molar-refractivity contribution >= 4 is 5.91 Å². The van der Waals surface area contributed by atoms with Crippen LogP contribution in [-0.2, 0) is 6.42 Å². The Balaban J connectivity index is 1.23. The highest BCUT2D eigenvalue weighted by molar-refractivity contribution is 5.94. The molecule has 5 nitrogen and oxygen atoms in total. The lowest BCUT2D eigenvalue weighted by Gasteiger charge is -2.34. The summed E-state index contributed by atoms with van der Waals surface area (Å²) in [5.74, 6) is 1.40. The van der Waals surface area contributed by atoms with Gasteiger partial charge in [-0.15, -0.1) is 0 Å². The van der Waals surface area contributed by atoms with Crippen LogP contribution in [-0.4, -0.2) is 48.4 Å². The predicted molar refractivity (Wildman–Crippen MR) is 109 cm³/mol. The second-order valence-electron chi connectivity index (χ2n) is 8.16. The van der Waals surface area contributed by atoms with Gasteiger partial charge < -0.3 is 15.0 Å². The van der Waals surface area contributed by atoms with Crippen LogP contribution in [0.4, 0.5) is 0 Å². The molecule has 2 aliphatic heterocycles. The summed E-state index contributed by atoms with van der Waals surface area (Å²) in [5, 5.41) is 11.2. The molecule has 1 amide bonds. The van der Waals surface area contributed by atoms with Crippen molar-refractivity contribution < 1.29 is 9.52 Å². The lowest BCUT2D eigenvalue weighted by atomic mass is 9.83. The SMILES string of the molecule is O=C(c1cc[n+]([O-])cc1)N1CCC(C2CCN(CCc3ccccc3)CC2)C1. The van der Waals surface area contributed by atoms with Gasteiger partial charge in [-0.1, -0.05) is 30.3 Å². The van der Waals surface area contributed by atoms with E-state index in [1.54, 1.807) is 12.1 Å². The Morgan fingerprint density at radius 1 is 0.964 bits per heavy atom. The summed E-state index contributed by atoms with van der Waals surface area (Å²) in [5.41, 5.74) is 2.03. The van der Waals surface area contributed by atoms with Gasteiger partial charge in [0.05, 0.1) is 5.56 Å². The third kappa shape index (κ3) is 4.53. The maximum absolute atomic E-state index is 12.7. The van der Waals surface area contributed by atoms with Gasteiger partial charge >= 0.3 is 0 Å². The van der Waals surface area contributed by atoms with E-state index in [-0.39, 0.29) is 5.91 Å². The molecule has 3 heterocycles. The van der Waals surface area contributed by atoms with Crippen molar-refractivity contribution in [2.75, 3.05) is 32.7 Å². The molecule has 0 radical (unpaired) electrons. The number of pyridine rings is 1. The molecule has 1 aromatic carbocycles. The van der Waals surface area contributed by atoms with Gasteiger partial charge in [0.2, 0.25) is 0 Å². The maximum atomic E-state index is 12.7. The highest BCUT2D eigenvalue weighted by Gasteiger charge is 2.34. The largest absolute Gasteiger partial charge is 0.619 e. The first-order valence-electron chi connectivity index (χ1n) is 10.4. The van der Waals surface area contributed by atoms with Crippen LogP contribution in [0.3, 0.4) is 0 Å². The van der Waals surface area contributed by atoms with E-state index in [1.807, 2.05) is 4.90 Å². The molecule has 1 aromatic heterocycles. The monoisotopic (exact) mass is 379 g/mol. The van der Waals surface area contributed by atoms with Crippen molar-refractivity contribution in [2.45, 2.75) is 25.7 Å². The summed E-state index contributed by atoms with van der Waals surface area (Å²) in [7, 11) is 0. The fraction of sp³-hybridized carbons (Fsp3) is 0.478. The summed E-state index contributed by atoms with van der Waals surface area (Å²) < 4.78 is 0.717. The number of rotatable bonds is 5. The molecule has 2 fully saturated rings. The standard InChI is InChI=1S/C23H29N3O2/c27-23(21-10-16-26(28)17-11-21)25-15-9-22(18-25)20-7-13-24(14-8-20)12-6-19-4-2-1-3-5-19/h1-5,10-11,16-17,20,22H,6-9,12-15,18H2. The zero-order valence-electron chi connectivity index (χ0n) is 16.4. The number of benzene rings is 1. The van der Waals surface area contributed by atoms with Crippen molar-refractivity contribution in [1.82, 2.24) is 9.80 Å². The molecule has 1 atom stereocenters. The first kappa shape index (κ1) is 18.9. The lowest BCUT2D eigenvalue weighted by molar-refractivity contribution is -0.605. The van der Waals surface area contributed by atoms with Crippen LogP contribution in [0.1, 0.15) is 35.2 Å².